The van der Waals surface area contributed by atoms with Crippen LogP contribution in [0.15, 0.2) is 171 Å². The molecule has 0 saturated heterocycles. The van der Waals surface area contributed by atoms with Crippen LogP contribution in [0.1, 0.15) is 58.9 Å². The summed E-state index contributed by atoms with van der Waals surface area (Å²) in [7, 11) is 3.26. The Morgan fingerprint density at radius 1 is 0.531 bits per heavy atom. The van der Waals surface area contributed by atoms with E-state index < -0.39 is 11.9 Å². The number of ether oxygens (including phenoxy) is 2. The number of rotatable bonds is 13. The Balaban J connectivity index is 0.000000192. The number of methoxy groups -OCH3 is 2. The number of carboxylic acids is 1. The number of carboxylic acid groups (broad SMARTS) is 1. The van der Waals surface area contributed by atoms with Gasteiger partial charge >= 0.3 is 5.97 Å². The maximum atomic E-state index is 12.9. The van der Waals surface area contributed by atoms with Crippen LogP contribution in [0.25, 0.3) is 35.7 Å². The van der Waals surface area contributed by atoms with Crippen LogP contribution in [0, 0.1) is 6.92 Å². The highest BCUT2D eigenvalue weighted by Gasteiger charge is 2.16. The number of carbonyl (C=O) groups excluding carboxylic acids is 2. The van der Waals surface area contributed by atoms with Crippen LogP contribution >= 0.6 is 0 Å². The summed E-state index contributed by atoms with van der Waals surface area (Å²) in [5.74, 6) is -0.226. The average Bonchev–Trinajstić information content (AvgIpc) is 4.08. The second-order valence-corrected chi connectivity index (χ2v) is 14.4. The molecule has 0 unspecified atom stereocenters. The van der Waals surface area contributed by atoms with E-state index in [9.17, 15) is 19.5 Å². The van der Waals surface area contributed by atoms with Crippen molar-refractivity contribution >= 4 is 53.5 Å². The minimum atomic E-state index is -1.13. The maximum absolute atomic E-state index is 12.9. The van der Waals surface area contributed by atoms with Crippen LogP contribution in [0.3, 0.4) is 0 Å². The molecule has 0 bridgehead atoms. The molecule has 0 aliphatic rings. The molecule has 0 spiro atoms. The Morgan fingerprint density at radius 3 is 1.44 bits per heavy atom. The number of aromatic carboxylic acids is 1. The van der Waals surface area contributed by atoms with Crippen molar-refractivity contribution in [2.75, 3.05) is 24.9 Å². The summed E-state index contributed by atoms with van der Waals surface area (Å²) in [4.78, 5) is 45.8. The van der Waals surface area contributed by atoms with E-state index in [1.807, 2.05) is 162 Å². The largest absolute Gasteiger partial charge is 0.497 e. The predicted molar refractivity (Wildman–Crippen MR) is 251 cm³/mol. The number of aryl methyl sites for hydroxylation is 1. The summed E-state index contributed by atoms with van der Waals surface area (Å²) in [5.41, 5.74) is 8.02. The number of nitrogens with zero attached hydrogens (tertiary/aromatic N) is 4. The molecular weight excluding hydrogens is 805 g/mol. The topological polar surface area (TPSA) is 150 Å². The van der Waals surface area contributed by atoms with Gasteiger partial charge in [0.1, 0.15) is 11.5 Å². The second kappa shape index (κ2) is 20.7. The fourth-order valence-corrected chi connectivity index (χ4v) is 6.50. The molecule has 4 heterocycles. The lowest BCUT2D eigenvalue weighted by Gasteiger charge is -2.11. The first-order valence-corrected chi connectivity index (χ1v) is 20.1. The third-order valence-corrected chi connectivity index (χ3v) is 9.93. The van der Waals surface area contributed by atoms with Crippen molar-refractivity contribution in [3.05, 3.63) is 215 Å². The smallest absolute Gasteiger partial charge is 0.337 e. The number of amides is 2. The Morgan fingerprint density at radius 2 is 0.969 bits per heavy atom. The van der Waals surface area contributed by atoms with E-state index in [2.05, 4.69) is 20.6 Å². The molecule has 12 heteroatoms. The molecule has 0 fully saturated rings. The third kappa shape index (κ3) is 11.3. The Hall–Kier alpha value is -8.77. The molecule has 8 aromatic rings. The van der Waals surface area contributed by atoms with E-state index in [1.54, 1.807) is 51.0 Å². The fraction of sp³-hybridized carbons (Fsp3) is 0.0577. The lowest BCUT2D eigenvalue weighted by molar-refractivity contribution is 0.0697. The van der Waals surface area contributed by atoms with Gasteiger partial charge in [0.05, 0.1) is 60.4 Å². The first-order chi connectivity index (χ1) is 31.1. The predicted octanol–water partition coefficient (Wildman–Crippen LogP) is 10.6. The van der Waals surface area contributed by atoms with Gasteiger partial charge in [-0.2, -0.15) is 0 Å². The van der Waals surface area contributed by atoms with Gasteiger partial charge in [-0.05, 0) is 114 Å². The van der Waals surface area contributed by atoms with E-state index in [0.717, 1.165) is 56.4 Å². The summed E-state index contributed by atoms with van der Waals surface area (Å²) >= 11 is 0. The first-order valence-electron chi connectivity index (χ1n) is 20.1. The number of benzene rings is 4. The molecule has 0 aliphatic carbocycles. The first kappa shape index (κ1) is 43.3. The van der Waals surface area contributed by atoms with Gasteiger partial charge in [0.15, 0.2) is 0 Å². The number of nitrogens with one attached hydrogen (secondary N) is 2. The quantitative estimate of drug-likeness (QED) is 0.0971. The van der Waals surface area contributed by atoms with E-state index in [0.29, 0.717) is 11.1 Å². The molecule has 3 N–H and O–H groups in total. The maximum Gasteiger partial charge on any atom is 0.337 e. The minimum absolute atomic E-state index is 0.00333. The Labute approximate surface area is 370 Å². The number of hydrogen-bond donors (Lipinski definition) is 3. The molecule has 0 saturated carbocycles. The fourth-order valence-electron chi connectivity index (χ4n) is 6.50. The van der Waals surface area contributed by atoms with Crippen LogP contribution in [-0.4, -0.2) is 56.2 Å². The van der Waals surface area contributed by atoms with Gasteiger partial charge in [-0.15, -0.1) is 0 Å². The zero-order valence-electron chi connectivity index (χ0n) is 35.3. The van der Waals surface area contributed by atoms with Gasteiger partial charge < -0.3 is 34.3 Å². The van der Waals surface area contributed by atoms with Crippen molar-refractivity contribution < 1.29 is 29.0 Å². The number of carbonyl (C=O) groups is 3. The molecule has 0 atom stereocenters. The molecule has 12 nitrogen and oxygen atoms in total. The lowest BCUT2D eigenvalue weighted by Crippen LogP contribution is -2.15. The van der Waals surface area contributed by atoms with Crippen molar-refractivity contribution in [2.24, 2.45) is 0 Å². The molecule has 0 aliphatic heterocycles. The van der Waals surface area contributed by atoms with E-state index >= 15 is 0 Å². The van der Waals surface area contributed by atoms with Gasteiger partial charge in [0.25, 0.3) is 11.8 Å². The zero-order valence-corrected chi connectivity index (χ0v) is 35.3. The van der Waals surface area contributed by atoms with Gasteiger partial charge in [0.2, 0.25) is 0 Å². The summed E-state index contributed by atoms with van der Waals surface area (Å²) in [6, 6.07) is 37.3. The molecule has 2 amide bonds. The van der Waals surface area contributed by atoms with Crippen LogP contribution < -0.4 is 20.1 Å². The van der Waals surface area contributed by atoms with Crippen molar-refractivity contribution in [1.29, 1.82) is 0 Å². The highest BCUT2D eigenvalue weighted by Crippen LogP contribution is 2.24. The van der Waals surface area contributed by atoms with E-state index in [4.69, 9.17) is 9.47 Å². The number of anilines is 2. The van der Waals surface area contributed by atoms with Gasteiger partial charge in [0, 0.05) is 42.9 Å². The SMILES string of the molecule is COc1cccc(/C=C/c2ccc(C(=O)O)c(NC(=O)c3cncc(-n4cccc4)c3)c2)c1.COc1cccc(/C=C/c2ccc(C)c(NC(=O)c3cncc(-n4cccc4)c3)c2)c1. The molecule has 4 aromatic heterocycles. The van der Waals surface area contributed by atoms with Crippen LogP contribution in [0.5, 0.6) is 11.5 Å². The average molecular weight is 849 g/mol. The Kier molecular flexibility index (Phi) is 14.0. The van der Waals surface area contributed by atoms with E-state index in [-0.39, 0.29) is 17.2 Å². The van der Waals surface area contributed by atoms with Crippen molar-refractivity contribution in [3.63, 3.8) is 0 Å². The molecule has 64 heavy (non-hydrogen) atoms. The van der Waals surface area contributed by atoms with Crippen LogP contribution in [0.2, 0.25) is 0 Å². The van der Waals surface area contributed by atoms with Crippen molar-refractivity contribution in [1.82, 2.24) is 19.1 Å². The molecule has 318 valence electrons. The monoisotopic (exact) mass is 848 g/mol. The van der Waals surface area contributed by atoms with Crippen molar-refractivity contribution in [2.45, 2.75) is 6.92 Å². The van der Waals surface area contributed by atoms with E-state index in [1.165, 1.54) is 12.3 Å². The summed E-state index contributed by atoms with van der Waals surface area (Å²) in [6.45, 7) is 1.97. The highest BCUT2D eigenvalue weighted by atomic mass is 16.5. The number of aromatic nitrogens is 4. The summed E-state index contributed by atoms with van der Waals surface area (Å²) in [5, 5.41) is 15.3. The summed E-state index contributed by atoms with van der Waals surface area (Å²) in [6.07, 6.45) is 21.7. The molecule has 4 aromatic carbocycles. The minimum Gasteiger partial charge on any atom is -0.497 e. The van der Waals surface area contributed by atoms with Crippen LogP contribution in [0.4, 0.5) is 11.4 Å². The normalized spacial score (nSPS) is 10.9. The number of hydrogen-bond acceptors (Lipinski definition) is 7. The molecular formula is C52H44N6O6. The van der Waals surface area contributed by atoms with Gasteiger partial charge in [-0.3, -0.25) is 19.6 Å². The molecule has 0 radical (unpaired) electrons. The standard InChI is InChI=1S/C26H21N3O4.C26H23N3O2/c1-33-22-6-4-5-18(13-22)7-8-19-9-10-23(26(31)32)24(14-19)28-25(30)20-15-21(17-27-16-20)29-11-2-3-12-29;1-19-8-9-21(11-10-20-6-5-7-24(14-20)31-2)15-25(19)28-26(30)22-16-23(18-27-17-22)29-12-3-4-13-29/h2-17H,1H3,(H,28,30)(H,31,32);3-18H,1-2H3,(H,28,30)/b8-7+;11-10+. The van der Waals surface area contributed by atoms with Crippen molar-refractivity contribution in [3.8, 4) is 22.9 Å². The van der Waals surface area contributed by atoms with Crippen LogP contribution in [-0.2, 0) is 0 Å². The second-order valence-electron chi connectivity index (χ2n) is 14.4. The third-order valence-electron chi connectivity index (χ3n) is 9.93. The summed E-state index contributed by atoms with van der Waals surface area (Å²) < 4.78 is 14.2. The molecule has 8 rings (SSSR count). The number of pyridine rings is 2. The lowest BCUT2D eigenvalue weighted by atomic mass is 10.1. The Bertz CT molecular complexity index is 2960. The van der Waals surface area contributed by atoms with Gasteiger partial charge in [-0.1, -0.05) is 66.8 Å². The zero-order chi connectivity index (χ0) is 44.8. The highest BCUT2D eigenvalue weighted by molar-refractivity contribution is 6.08. The van der Waals surface area contributed by atoms with Gasteiger partial charge in [-0.25, -0.2) is 4.79 Å².